The van der Waals surface area contributed by atoms with Gasteiger partial charge >= 0.3 is 0 Å². The van der Waals surface area contributed by atoms with Crippen molar-refractivity contribution in [2.75, 3.05) is 0 Å². The van der Waals surface area contributed by atoms with Gasteiger partial charge in [-0.3, -0.25) is 0 Å². The minimum absolute atomic E-state index is 0. The third-order valence-corrected chi connectivity index (χ3v) is 27.8. The summed E-state index contributed by atoms with van der Waals surface area (Å²) in [7, 11) is 0. The van der Waals surface area contributed by atoms with Crippen LogP contribution in [0.2, 0.25) is 0 Å². The van der Waals surface area contributed by atoms with Gasteiger partial charge in [-0.15, -0.1) is 0 Å². The molecule has 0 aliphatic heterocycles. The van der Waals surface area contributed by atoms with Gasteiger partial charge in [0.1, 0.15) is 0 Å². The summed E-state index contributed by atoms with van der Waals surface area (Å²) >= 11 is 0. The van der Waals surface area contributed by atoms with E-state index in [-0.39, 0.29) is 9.99 Å². The van der Waals surface area contributed by atoms with Crippen LogP contribution in [0, 0.1) is 121 Å². The Morgan fingerprint density at radius 1 is 0.116 bits per heavy atom. The van der Waals surface area contributed by atoms with Gasteiger partial charge in [0, 0.05) is 9.99 Å². The van der Waals surface area contributed by atoms with Crippen molar-refractivity contribution in [3.05, 3.63) is 0 Å². The van der Waals surface area contributed by atoms with Crippen LogP contribution in [0.25, 0.3) is 0 Å². The van der Waals surface area contributed by atoms with E-state index in [0.717, 1.165) is 82.9 Å². The molecule has 0 spiro atoms. The zero-order valence-electron chi connectivity index (χ0n) is 76.2. The maximum absolute atomic E-state index is 2.41. The van der Waals surface area contributed by atoms with E-state index in [2.05, 4.69) is 194 Å². The molecule has 7 aliphatic carbocycles. The van der Waals surface area contributed by atoms with Crippen LogP contribution in [0.5, 0.6) is 0 Å². The quantitative estimate of drug-likeness (QED) is 0.163. The van der Waals surface area contributed by atoms with Gasteiger partial charge in [-0.25, -0.2) is 0 Å². The zero-order chi connectivity index (χ0) is 76.2. The van der Waals surface area contributed by atoms with Gasteiger partial charge in [0.25, 0.3) is 0 Å². The molecule has 7 rings (SSSR count). The molecule has 0 bridgehead atoms. The van der Waals surface area contributed by atoms with E-state index in [1.165, 1.54) is 205 Å². The normalized spacial score (nSPS) is 20.5. The molecule has 0 atom stereocenters. The molecule has 0 unspecified atom stereocenters. The Morgan fingerprint density at radius 2 is 0.168 bits per heavy atom. The van der Waals surface area contributed by atoms with Crippen molar-refractivity contribution in [1.82, 2.24) is 0 Å². The summed E-state index contributed by atoms with van der Waals surface area (Å²) in [6.45, 7) is 95.3. The van der Waals surface area contributed by atoms with Crippen molar-refractivity contribution in [2.24, 2.45) is 121 Å². The predicted molar refractivity (Wildman–Crippen MR) is 467 cm³/mol. The van der Waals surface area contributed by atoms with Gasteiger partial charge in [0.15, 0.2) is 0 Å². The lowest BCUT2D eigenvalue weighted by Gasteiger charge is -2.44. The zero-order valence-corrected chi connectivity index (χ0v) is 76.2. The molecule has 0 aromatic heterocycles. The highest BCUT2D eigenvalue weighted by molar-refractivity contribution is 4.94. The van der Waals surface area contributed by atoms with Gasteiger partial charge < -0.3 is 0 Å². The lowest BCUT2D eigenvalue weighted by molar-refractivity contribution is 0.0587. The molecule has 0 aromatic rings. The van der Waals surface area contributed by atoms with Crippen LogP contribution >= 0.6 is 0 Å². The molecule has 0 heterocycles. The second kappa shape index (κ2) is 60.4. The standard InChI is InChI=1S/4C12H24.3C11H22.7C2H6.7H2/c4*1-10(2)12(11(3)4)8-6-5-7-9-12;3*1-9(2)11(10(3)4)7-5-6-8-11;7*1-2;;;;;;;/h4*10-11H,5-9H2,1-4H3;3*9-10H,5-8H2,1-4H3;7*1-2H3;7*1H/i;;;;;;;;;;;;;;7*1+1. The molecule has 0 heteroatoms. The fourth-order valence-corrected chi connectivity index (χ4v) is 20.7. The van der Waals surface area contributed by atoms with Gasteiger partial charge in [-0.05, 0) is 211 Å². The SMILES string of the molecule is CC.CC.CC.CC.CC.CC.CC.CC(C)C1(C(C)C)CCCC1.CC(C)C1(C(C)C)CCCC1.CC(C)C1(C(C)C)CCCC1.CC(C)C1(C(C)C)CCCCC1.CC(C)C1(C(C)C)CCCCC1.CC(C)C1(C(C)C)CCCCC1.CC(C)C1(C(C)C)CCCCC1.[2HH].[2HH].[2HH].[2HH].[2HH].[2HH].[2HH]. The van der Waals surface area contributed by atoms with E-state index in [0.29, 0.717) is 37.9 Å². The summed E-state index contributed by atoms with van der Waals surface area (Å²) in [5, 5.41) is 0. The van der Waals surface area contributed by atoms with Crippen LogP contribution in [0.1, 0.15) is 506 Å². The van der Waals surface area contributed by atoms with Gasteiger partial charge in [0.2, 0.25) is 0 Å². The van der Waals surface area contributed by atoms with Crippen LogP contribution < -0.4 is 0 Å². The lowest BCUT2D eigenvalue weighted by atomic mass is 9.61. The van der Waals surface area contributed by atoms with Crippen molar-refractivity contribution < 1.29 is 9.99 Å². The summed E-state index contributed by atoms with van der Waals surface area (Å²) in [5.74, 6) is 12.3. The summed E-state index contributed by atoms with van der Waals surface area (Å²) in [4.78, 5) is 0. The Bertz CT molecular complexity index is 1260. The summed E-state index contributed by atoms with van der Waals surface area (Å²) in [5.41, 5.74) is 4.80. The third kappa shape index (κ3) is 34.9. The van der Waals surface area contributed by atoms with Gasteiger partial charge in [-0.2, -0.15) is 0 Å². The number of rotatable bonds is 14. The van der Waals surface area contributed by atoms with Crippen molar-refractivity contribution in [3.8, 4) is 0 Å². The Labute approximate surface area is 623 Å². The van der Waals surface area contributed by atoms with E-state index in [9.17, 15) is 0 Å². The number of hydrogen-bond acceptors (Lipinski definition) is 0. The summed E-state index contributed by atoms with van der Waals surface area (Å²) in [6, 6.07) is 0. The molecule has 95 heavy (non-hydrogen) atoms. The highest BCUT2D eigenvalue weighted by atomic mass is 14.5. The molecular weight excluding hydrogens is 1140 g/mol. The topological polar surface area (TPSA) is 0 Å². The largest absolute Gasteiger partial charge is 0.0683 e. The minimum Gasteiger partial charge on any atom is -0.0683 e. The lowest BCUT2D eigenvalue weighted by Crippen LogP contribution is -2.35. The van der Waals surface area contributed by atoms with Crippen LogP contribution in [0.15, 0.2) is 0 Å². The Hall–Kier alpha value is 0. The second-order valence-electron chi connectivity index (χ2n) is 34.7. The molecule has 7 aliphatic rings. The van der Waals surface area contributed by atoms with E-state index in [4.69, 9.17) is 0 Å². The van der Waals surface area contributed by atoms with Crippen LogP contribution in [-0.4, -0.2) is 0 Å². The van der Waals surface area contributed by atoms with E-state index >= 15 is 0 Å². The Balaban J connectivity index is -0.0000000708. The fraction of sp³-hybridized carbons (Fsp3) is 1.00. The summed E-state index contributed by atoms with van der Waals surface area (Å²) < 4.78 is 0. The first kappa shape index (κ1) is 108. The van der Waals surface area contributed by atoms with Crippen LogP contribution in [-0.2, 0) is 0 Å². The third-order valence-electron chi connectivity index (χ3n) is 27.8. The predicted octanol–water partition coefficient (Wildman–Crippen LogP) is 37.5. The molecule has 598 valence electrons. The molecule has 0 N–H and O–H groups in total. The summed E-state index contributed by atoms with van der Waals surface area (Å²) in [6.07, 6.45) is 47.1. The maximum Gasteiger partial charge on any atom is 0 e. The van der Waals surface area contributed by atoms with Crippen molar-refractivity contribution in [2.45, 2.75) is 496 Å². The second-order valence-corrected chi connectivity index (χ2v) is 34.7. The monoisotopic (exact) mass is 1370 g/mol. The average Bonchev–Trinajstić information content (AvgIpc) is 1.47. The molecule has 0 aromatic carbocycles. The minimum atomic E-state index is 0. The van der Waals surface area contributed by atoms with Crippen molar-refractivity contribution >= 4 is 0 Å². The molecule has 0 saturated heterocycles. The molecule has 7 saturated carbocycles. The van der Waals surface area contributed by atoms with E-state index < -0.39 is 0 Å². The van der Waals surface area contributed by atoms with E-state index in [1.54, 1.807) is 0 Å². The molecular formula is C95H218. The van der Waals surface area contributed by atoms with Crippen LogP contribution in [0.4, 0.5) is 0 Å². The smallest absolute Gasteiger partial charge is 0 e. The number of hydrogen-bond donors (Lipinski definition) is 0. The van der Waals surface area contributed by atoms with Gasteiger partial charge in [-0.1, -0.05) is 406 Å². The molecule has 0 nitrogen and oxygen atoms in total. The first-order valence-electron chi connectivity index (χ1n) is 44.7. The molecule has 7 fully saturated rings. The fourth-order valence-electron chi connectivity index (χ4n) is 20.7. The average molecular weight is 1370 g/mol. The van der Waals surface area contributed by atoms with E-state index in [1.807, 2.05) is 96.9 Å². The van der Waals surface area contributed by atoms with Crippen molar-refractivity contribution in [3.63, 3.8) is 0 Å². The highest BCUT2D eigenvalue weighted by Gasteiger charge is 2.43. The Kier molecular flexibility index (Phi) is 68.9. The maximum atomic E-state index is 2.41. The Morgan fingerprint density at radius 3 is 0.211 bits per heavy atom. The van der Waals surface area contributed by atoms with Gasteiger partial charge in [0.05, 0.1) is 0 Å². The van der Waals surface area contributed by atoms with Crippen molar-refractivity contribution in [1.29, 1.82) is 0 Å². The first-order valence-corrected chi connectivity index (χ1v) is 44.7. The van der Waals surface area contributed by atoms with Crippen LogP contribution in [0.3, 0.4) is 0 Å². The molecule has 0 amide bonds. The molecule has 0 radical (unpaired) electrons. The highest BCUT2D eigenvalue weighted by Crippen LogP contribution is 2.54. The first-order chi connectivity index (χ1) is 44.7.